The molecule has 1 aromatic rings. The number of fused-ring (bicyclic) bond motifs is 5. The first-order chi connectivity index (χ1) is 13.8. The lowest BCUT2D eigenvalue weighted by atomic mass is 9.48. The van der Waals surface area contributed by atoms with Crippen LogP contribution >= 0.6 is 0 Å². The third-order valence-corrected chi connectivity index (χ3v) is 9.15. The molecule has 2 nitrogen and oxygen atoms in total. The molecule has 1 aromatic carbocycles. The summed E-state index contributed by atoms with van der Waals surface area (Å²) in [7, 11) is 0. The zero-order valence-electron chi connectivity index (χ0n) is 17.6. The van der Waals surface area contributed by atoms with Gasteiger partial charge in [-0.2, -0.15) is 0 Å². The molecule has 3 heteroatoms. The Labute approximate surface area is 173 Å². The fraction of sp³-hybridized carbons (Fsp3) is 0.615. The second-order valence-electron chi connectivity index (χ2n) is 10.6. The maximum absolute atomic E-state index is 13.6. The molecule has 2 N–H and O–H groups in total. The standard InChI is InChI=1S/C26H33FO2/c1-25-10-8-20(28)15-18(25)6-7-21-22(25)9-11-26(2)23(21)14-17(24(26)29)12-16-4-3-5-19(27)13-16/h3-6,12-13,20-24,28-29H,7-11,14-15H2,1-2H3/b17-12+. The third kappa shape index (κ3) is 2.96. The number of benzene rings is 1. The van der Waals surface area contributed by atoms with Crippen LogP contribution in [0.2, 0.25) is 0 Å². The minimum Gasteiger partial charge on any atom is -0.393 e. The van der Waals surface area contributed by atoms with Crippen molar-refractivity contribution in [1.29, 1.82) is 0 Å². The van der Waals surface area contributed by atoms with Crippen LogP contribution in [0.1, 0.15) is 64.4 Å². The zero-order valence-corrected chi connectivity index (χ0v) is 17.6. The van der Waals surface area contributed by atoms with Gasteiger partial charge in [-0.25, -0.2) is 4.39 Å². The molecule has 4 aliphatic rings. The third-order valence-electron chi connectivity index (χ3n) is 9.15. The van der Waals surface area contributed by atoms with Gasteiger partial charge in [0.25, 0.3) is 0 Å². The van der Waals surface area contributed by atoms with Crippen molar-refractivity contribution in [3.8, 4) is 0 Å². The van der Waals surface area contributed by atoms with Gasteiger partial charge in [0.05, 0.1) is 12.2 Å². The highest BCUT2D eigenvalue weighted by atomic mass is 19.1. The fourth-order valence-electron chi connectivity index (χ4n) is 7.45. The molecule has 3 fully saturated rings. The number of hydrogen-bond donors (Lipinski definition) is 2. The van der Waals surface area contributed by atoms with Gasteiger partial charge in [0.2, 0.25) is 0 Å². The molecular weight excluding hydrogens is 363 g/mol. The van der Waals surface area contributed by atoms with E-state index >= 15 is 0 Å². The van der Waals surface area contributed by atoms with Crippen LogP contribution in [0.4, 0.5) is 4.39 Å². The first-order valence-corrected chi connectivity index (χ1v) is 11.3. The molecule has 0 heterocycles. The van der Waals surface area contributed by atoms with Gasteiger partial charge in [-0.3, -0.25) is 0 Å². The van der Waals surface area contributed by atoms with Crippen molar-refractivity contribution in [3.63, 3.8) is 0 Å². The Balaban J connectivity index is 1.47. The topological polar surface area (TPSA) is 40.5 Å². The minimum absolute atomic E-state index is 0.0871. The van der Waals surface area contributed by atoms with Gasteiger partial charge in [0.15, 0.2) is 0 Å². The van der Waals surface area contributed by atoms with Crippen molar-refractivity contribution in [3.05, 3.63) is 52.9 Å². The van der Waals surface area contributed by atoms with Gasteiger partial charge in [-0.1, -0.05) is 43.7 Å². The normalized spacial score (nSPS) is 45.3. The molecule has 0 amide bonds. The van der Waals surface area contributed by atoms with Crippen molar-refractivity contribution < 1.29 is 14.6 Å². The smallest absolute Gasteiger partial charge is 0.123 e. The van der Waals surface area contributed by atoms with E-state index in [1.54, 1.807) is 12.1 Å². The fourth-order valence-corrected chi connectivity index (χ4v) is 7.45. The summed E-state index contributed by atoms with van der Waals surface area (Å²) in [6, 6.07) is 6.67. The van der Waals surface area contributed by atoms with Crippen LogP contribution in [0.15, 0.2) is 41.5 Å². The molecule has 0 bridgehead atoms. The number of rotatable bonds is 1. The Morgan fingerprint density at radius 2 is 1.90 bits per heavy atom. The highest BCUT2D eigenvalue weighted by Gasteiger charge is 2.59. The molecule has 0 saturated heterocycles. The van der Waals surface area contributed by atoms with E-state index in [1.807, 2.05) is 12.1 Å². The van der Waals surface area contributed by atoms with Crippen LogP contribution in [-0.2, 0) is 0 Å². The van der Waals surface area contributed by atoms with Crippen LogP contribution in [0, 0.1) is 34.4 Å². The number of aliphatic hydroxyl groups is 2. The molecule has 0 aliphatic heterocycles. The first-order valence-electron chi connectivity index (χ1n) is 11.3. The number of hydrogen-bond acceptors (Lipinski definition) is 2. The highest BCUT2D eigenvalue weighted by molar-refractivity contribution is 5.55. The molecule has 7 unspecified atom stereocenters. The van der Waals surface area contributed by atoms with Crippen LogP contribution in [0.5, 0.6) is 0 Å². The molecule has 156 valence electrons. The van der Waals surface area contributed by atoms with Gasteiger partial charge >= 0.3 is 0 Å². The average Bonchev–Trinajstić information content (AvgIpc) is 2.93. The molecule has 5 rings (SSSR count). The lowest BCUT2D eigenvalue weighted by molar-refractivity contribution is -0.0685. The summed E-state index contributed by atoms with van der Waals surface area (Å²) in [6.45, 7) is 4.70. The Morgan fingerprint density at radius 3 is 2.69 bits per heavy atom. The van der Waals surface area contributed by atoms with Crippen molar-refractivity contribution >= 4 is 6.08 Å². The second kappa shape index (κ2) is 6.78. The Hall–Kier alpha value is -1.45. The summed E-state index contributed by atoms with van der Waals surface area (Å²) in [5.41, 5.74) is 3.52. The molecule has 0 radical (unpaired) electrons. The van der Waals surface area contributed by atoms with E-state index in [0.717, 1.165) is 56.1 Å². The Kier molecular flexibility index (Phi) is 4.56. The summed E-state index contributed by atoms with van der Waals surface area (Å²) in [5, 5.41) is 21.5. The van der Waals surface area contributed by atoms with Gasteiger partial charge in [0.1, 0.15) is 5.82 Å². The highest BCUT2D eigenvalue weighted by Crippen LogP contribution is 2.65. The zero-order chi connectivity index (χ0) is 20.4. The summed E-state index contributed by atoms with van der Waals surface area (Å²) in [4.78, 5) is 0. The van der Waals surface area contributed by atoms with Gasteiger partial charge in [0, 0.05) is 5.41 Å². The maximum atomic E-state index is 13.6. The SMILES string of the molecule is CC12CCC(O)CC1=CCC1C2CCC2(C)C(O)/C(=C/c3cccc(F)c3)CC12. The molecule has 0 spiro atoms. The van der Waals surface area contributed by atoms with Crippen LogP contribution in [0.25, 0.3) is 6.08 Å². The average molecular weight is 397 g/mol. The minimum atomic E-state index is -0.442. The van der Waals surface area contributed by atoms with Crippen molar-refractivity contribution in [2.75, 3.05) is 0 Å². The van der Waals surface area contributed by atoms with Gasteiger partial charge in [-0.05, 0) is 91.4 Å². The van der Waals surface area contributed by atoms with Crippen molar-refractivity contribution in [1.82, 2.24) is 0 Å². The van der Waals surface area contributed by atoms with E-state index in [-0.39, 0.29) is 22.8 Å². The number of halogens is 1. The summed E-state index contributed by atoms with van der Waals surface area (Å²) < 4.78 is 13.6. The molecule has 0 aromatic heterocycles. The quantitative estimate of drug-likeness (QED) is 0.615. The van der Waals surface area contributed by atoms with E-state index in [2.05, 4.69) is 19.9 Å². The van der Waals surface area contributed by atoms with E-state index in [0.29, 0.717) is 17.8 Å². The van der Waals surface area contributed by atoms with E-state index in [9.17, 15) is 14.6 Å². The Morgan fingerprint density at radius 1 is 1.07 bits per heavy atom. The van der Waals surface area contributed by atoms with Crippen LogP contribution in [-0.4, -0.2) is 22.4 Å². The van der Waals surface area contributed by atoms with E-state index < -0.39 is 6.10 Å². The predicted octanol–water partition coefficient (Wildman–Crippen LogP) is 5.50. The summed E-state index contributed by atoms with van der Waals surface area (Å²) in [6.07, 6.45) is 10.9. The maximum Gasteiger partial charge on any atom is 0.123 e. The van der Waals surface area contributed by atoms with Crippen LogP contribution in [0.3, 0.4) is 0 Å². The number of aliphatic hydroxyl groups excluding tert-OH is 2. The van der Waals surface area contributed by atoms with Crippen molar-refractivity contribution in [2.45, 2.75) is 71.0 Å². The van der Waals surface area contributed by atoms with Crippen molar-refractivity contribution in [2.24, 2.45) is 28.6 Å². The largest absolute Gasteiger partial charge is 0.393 e. The second-order valence-corrected chi connectivity index (χ2v) is 10.6. The van der Waals surface area contributed by atoms with E-state index in [4.69, 9.17) is 0 Å². The van der Waals surface area contributed by atoms with E-state index in [1.165, 1.54) is 11.6 Å². The van der Waals surface area contributed by atoms with Crippen LogP contribution < -0.4 is 0 Å². The molecule has 7 atom stereocenters. The van der Waals surface area contributed by atoms with Gasteiger partial charge in [-0.15, -0.1) is 0 Å². The summed E-state index contributed by atoms with van der Waals surface area (Å²) in [5.74, 6) is 1.48. The lowest BCUT2D eigenvalue weighted by Gasteiger charge is -2.57. The molecule has 4 aliphatic carbocycles. The number of allylic oxidation sites excluding steroid dienone is 1. The first kappa shape index (κ1) is 19.5. The Bertz CT molecular complexity index is 873. The lowest BCUT2D eigenvalue weighted by Crippen LogP contribution is -2.51. The predicted molar refractivity (Wildman–Crippen MR) is 113 cm³/mol. The monoisotopic (exact) mass is 396 g/mol. The molecular formula is C26H33FO2. The summed E-state index contributed by atoms with van der Waals surface area (Å²) >= 11 is 0. The molecule has 3 saturated carbocycles. The van der Waals surface area contributed by atoms with Gasteiger partial charge < -0.3 is 10.2 Å². The molecule has 29 heavy (non-hydrogen) atoms.